The maximum absolute atomic E-state index is 14.3. The number of hydrogen-bond acceptors (Lipinski definition) is 4. The molecule has 160 valence electrons. The topological polar surface area (TPSA) is 58.8 Å². The molecule has 1 saturated heterocycles. The van der Waals surface area contributed by atoms with E-state index in [9.17, 15) is 9.18 Å². The van der Waals surface area contributed by atoms with Crippen molar-refractivity contribution in [3.8, 4) is 11.5 Å². The molecule has 0 bridgehead atoms. The summed E-state index contributed by atoms with van der Waals surface area (Å²) in [7, 11) is 3.99. The molecular formula is C21H28Cl2FN3O2. The van der Waals surface area contributed by atoms with Crippen LogP contribution in [0.15, 0.2) is 42.5 Å². The summed E-state index contributed by atoms with van der Waals surface area (Å²) >= 11 is 0. The van der Waals surface area contributed by atoms with Crippen LogP contribution in [0.3, 0.4) is 0 Å². The van der Waals surface area contributed by atoms with Crippen molar-refractivity contribution >= 4 is 30.7 Å². The van der Waals surface area contributed by atoms with Crippen molar-refractivity contribution in [1.82, 2.24) is 9.80 Å². The second-order valence-corrected chi connectivity index (χ2v) is 7.08. The van der Waals surface area contributed by atoms with Crippen molar-refractivity contribution in [2.24, 2.45) is 5.73 Å². The minimum Gasteiger partial charge on any atom is -0.457 e. The SMILES string of the molecule is CN(C)C1CCN(C(=O)c2cc(Oc3ccc(CCN)cc3)ccc2F)C1.Cl.Cl. The standard InChI is InChI=1S/C21H26FN3O2.2ClH/c1-24(2)16-10-12-25(14-16)21(26)19-13-18(7-8-20(19)22)27-17-5-3-15(4-6-17)9-11-23;;/h3-8,13,16H,9-12,14,23H2,1-2H3;2*1H. The van der Waals surface area contributed by atoms with E-state index in [2.05, 4.69) is 4.90 Å². The highest BCUT2D eigenvalue weighted by atomic mass is 35.5. The third kappa shape index (κ3) is 6.31. The zero-order chi connectivity index (χ0) is 19.4. The van der Waals surface area contributed by atoms with E-state index < -0.39 is 5.82 Å². The molecule has 0 saturated carbocycles. The lowest BCUT2D eigenvalue weighted by Crippen LogP contribution is -2.34. The Morgan fingerprint density at radius 2 is 1.83 bits per heavy atom. The molecule has 5 nitrogen and oxygen atoms in total. The summed E-state index contributed by atoms with van der Waals surface area (Å²) in [5, 5.41) is 0. The van der Waals surface area contributed by atoms with Crippen LogP contribution in [0.2, 0.25) is 0 Å². The van der Waals surface area contributed by atoms with E-state index >= 15 is 0 Å². The van der Waals surface area contributed by atoms with Crippen molar-refractivity contribution < 1.29 is 13.9 Å². The molecule has 0 spiro atoms. The fraction of sp³-hybridized carbons (Fsp3) is 0.381. The molecule has 3 rings (SSSR count). The number of nitrogens with zero attached hydrogens (tertiary/aromatic N) is 2. The molecule has 1 fully saturated rings. The van der Waals surface area contributed by atoms with Crippen molar-refractivity contribution in [1.29, 1.82) is 0 Å². The van der Waals surface area contributed by atoms with Gasteiger partial charge < -0.3 is 20.3 Å². The molecule has 0 aliphatic carbocycles. The molecule has 8 heteroatoms. The van der Waals surface area contributed by atoms with Crippen LogP contribution in [0.25, 0.3) is 0 Å². The largest absolute Gasteiger partial charge is 0.457 e. The molecule has 2 aromatic carbocycles. The lowest BCUT2D eigenvalue weighted by Gasteiger charge is -2.20. The molecule has 1 atom stereocenters. The number of rotatable bonds is 6. The molecule has 1 aliphatic heterocycles. The van der Waals surface area contributed by atoms with Crippen LogP contribution in [0.4, 0.5) is 4.39 Å². The Bertz CT molecular complexity index is 803. The Kier molecular flexibility index (Phi) is 9.86. The first-order valence-electron chi connectivity index (χ1n) is 9.20. The number of likely N-dealkylation sites (N-methyl/N-ethyl adjacent to an activating group) is 1. The van der Waals surface area contributed by atoms with Gasteiger partial charge in [-0.2, -0.15) is 0 Å². The normalized spacial score (nSPS) is 15.6. The second kappa shape index (κ2) is 11.4. The Morgan fingerprint density at radius 1 is 1.17 bits per heavy atom. The van der Waals surface area contributed by atoms with E-state index in [1.54, 1.807) is 4.90 Å². The van der Waals surface area contributed by atoms with E-state index in [1.807, 2.05) is 38.4 Å². The average Bonchev–Trinajstić information content (AvgIpc) is 3.15. The van der Waals surface area contributed by atoms with Gasteiger partial charge in [0.1, 0.15) is 17.3 Å². The van der Waals surface area contributed by atoms with E-state index in [0.717, 1.165) is 18.4 Å². The fourth-order valence-electron chi connectivity index (χ4n) is 3.28. The molecule has 2 N–H and O–H groups in total. The molecular weight excluding hydrogens is 416 g/mol. The van der Waals surface area contributed by atoms with Crippen LogP contribution in [-0.2, 0) is 6.42 Å². The molecule has 1 heterocycles. The summed E-state index contributed by atoms with van der Waals surface area (Å²) in [6.07, 6.45) is 1.70. The van der Waals surface area contributed by atoms with Gasteiger partial charge in [0.25, 0.3) is 5.91 Å². The van der Waals surface area contributed by atoms with E-state index in [1.165, 1.54) is 18.2 Å². The van der Waals surface area contributed by atoms with Crippen LogP contribution in [-0.4, -0.2) is 55.5 Å². The van der Waals surface area contributed by atoms with Gasteiger partial charge in [0.15, 0.2) is 0 Å². The Balaban J connectivity index is 0.00000210. The summed E-state index contributed by atoms with van der Waals surface area (Å²) in [5.74, 6) is 0.254. The summed E-state index contributed by atoms with van der Waals surface area (Å²) in [6, 6.07) is 12.2. The smallest absolute Gasteiger partial charge is 0.257 e. The van der Waals surface area contributed by atoms with Gasteiger partial charge in [-0.25, -0.2) is 4.39 Å². The zero-order valence-corrected chi connectivity index (χ0v) is 18.3. The zero-order valence-electron chi connectivity index (χ0n) is 16.6. The molecule has 0 radical (unpaired) electrons. The highest BCUT2D eigenvalue weighted by Gasteiger charge is 2.29. The molecule has 29 heavy (non-hydrogen) atoms. The van der Waals surface area contributed by atoms with Gasteiger partial charge in [0.2, 0.25) is 0 Å². The number of carbonyl (C=O) groups excluding carboxylic acids is 1. The van der Waals surface area contributed by atoms with E-state index in [4.69, 9.17) is 10.5 Å². The van der Waals surface area contributed by atoms with Crippen molar-refractivity contribution in [3.63, 3.8) is 0 Å². The highest BCUT2D eigenvalue weighted by Crippen LogP contribution is 2.26. The van der Waals surface area contributed by atoms with Gasteiger partial charge in [0.05, 0.1) is 5.56 Å². The maximum Gasteiger partial charge on any atom is 0.257 e. The number of hydrogen-bond donors (Lipinski definition) is 1. The van der Waals surface area contributed by atoms with Crippen LogP contribution in [0.5, 0.6) is 11.5 Å². The molecule has 1 aliphatic rings. The Labute approximate surface area is 183 Å². The Hall–Kier alpha value is -1.86. The van der Waals surface area contributed by atoms with E-state index in [-0.39, 0.29) is 36.3 Å². The summed E-state index contributed by atoms with van der Waals surface area (Å²) < 4.78 is 20.1. The minimum atomic E-state index is -0.529. The first-order valence-corrected chi connectivity index (χ1v) is 9.20. The van der Waals surface area contributed by atoms with Crippen molar-refractivity contribution in [3.05, 3.63) is 59.4 Å². The van der Waals surface area contributed by atoms with Crippen LogP contribution < -0.4 is 10.5 Å². The van der Waals surface area contributed by atoms with Crippen LogP contribution >= 0.6 is 24.8 Å². The predicted octanol–water partition coefficient (Wildman–Crippen LogP) is 3.74. The van der Waals surface area contributed by atoms with Gasteiger partial charge in [-0.3, -0.25) is 4.79 Å². The van der Waals surface area contributed by atoms with Gasteiger partial charge >= 0.3 is 0 Å². The third-order valence-corrected chi connectivity index (χ3v) is 4.94. The maximum atomic E-state index is 14.3. The van der Waals surface area contributed by atoms with Gasteiger partial charge in [-0.05, 0) is 69.4 Å². The summed E-state index contributed by atoms with van der Waals surface area (Å²) in [6.45, 7) is 1.84. The molecule has 1 unspecified atom stereocenters. The van der Waals surface area contributed by atoms with Gasteiger partial charge in [-0.15, -0.1) is 24.8 Å². The van der Waals surface area contributed by atoms with Gasteiger partial charge in [0, 0.05) is 19.1 Å². The number of likely N-dealkylation sites (tertiary alicyclic amines) is 1. The first-order chi connectivity index (χ1) is 13.0. The predicted molar refractivity (Wildman–Crippen MR) is 118 cm³/mol. The number of benzene rings is 2. The summed E-state index contributed by atoms with van der Waals surface area (Å²) in [4.78, 5) is 16.6. The molecule has 2 aromatic rings. The highest BCUT2D eigenvalue weighted by molar-refractivity contribution is 5.95. The third-order valence-electron chi connectivity index (χ3n) is 4.94. The molecule has 0 aromatic heterocycles. The second-order valence-electron chi connectivity index (χ2n) is 7.08. The van der Waals surface area contributed by atoms with Gasteiger partial charge in [-0.1, -0.05) is 12.1 Å². The lowest BCUT2D eigenvalue weighted by molar-refractivity contribution is 0.0778. The summed E-state index contributed by atoms with van der Waals surface area (Å²) in [5.41, 5.74) is 6.73. The number of halogens is 3. The number of carbonyl (C=O) groups is 1. The van der Waals surface area contributed by atoms with Crippen LogP contribution in [0.1, 0.15) is 22.3 Å². The first kappa shape index (κ1) is 25.2. The monoisotopic (exact) mass is 443 g/mol. The lowest BCUT2D eigenvalue weighted by atomic mass is 10.1. The average molecular weight is 444 g/mol. The number of ether oxygens (including phenoxy) is 1. The quantitative estimate of drug-likeness (QED) is 0.738. The Morgan fingerprint density at radius 3 is 2.41 bits per heavy atom. The fourth-order valence-corrected chi connectivity index (χ4v) is 3.28. The number of amides is 1. The van der Waals surface area contributed by atoms with E-state index in [0.29, 0.717) is 37.2 Å². The number of nitrogens with two attached hydrogens (primary N) is 1. The van der Waals surface area contributed by atoms with Crippen LogP contribution in [0, 0.1) is 5.82 Å². The minimum absolute atomic E-state index is 0. The molecule has 1 amide bonds. The van der Waals surface area contributed by atoms with Crippen molar-refractivity contribution in [2.45, 2.75) is 18.9 Å². The van der Waals surface area contributed by atoms with Crippen molar-refractivity contribution in [2.75, 3.05) is 33.7 Å².